The van der Waals surface area contributed by atoms with Crippen LogP contribution in [0.1, 0.15) is 24.1 Å². The van der Waals surface area contributed by atoms with Gasteiger partial charge in [0.1, 0.15) is 11.6 Å². The van der Waals surface area contributed by atoms with Crippen molar-refractivity contribution in [2.24, 2.45) is 0 Å². The minimum Gasteiger partial charge on any atom is -0.493 e. The van der Waals surface area contributed by atoms with Crippen LogP contribution in [0.4, 0.5) is 8.78 Å². The maximum Gasteiger partial charge on any atom is 0.387 e. The molecule has 1 amide bonds. The van der Waals surface area contributed by atoms with Crippen LogP contribution < -0.4 is 14.8 Å². The average molecular weight is 372 g/mol. The van der Waals surface area contributed by atoms with Crippen molar-refractivity contribution in [1.29, 1.82) is 5.26 Å². The molecule has 7 heteroatoms. The van der Waals surface area contributed by atoms with Gasteiger partial charge in [-0.1, -0.05) is 36.4 Å². The molecule has 5 nitrogen and oxygen atoms in total. The highest BCUT2D eigenvalue weighted by Gasteiger charge is 2.15. The van der Waals surface area contributed by atoms with E-state index in [0.717, 1.165) is 5.56 Å². The summed E-state index contributed by atoms with van der Waals surface area (Å²) in [6, 6.07) is 15.0. The van der Waals surface area contributed by atoms with Crippen molar-refractivity contribution < 1.29 is 23.0 Å². The van der Waals surface area contributed by atoms with Gasteiger partial charge in [0.2, 0.25) is 0 Å². The standard InChI is InChI=1S/C20H18F2N2O3/c1-13(15-6-4-3-5-7-15)24-19(25)16(12-23)10-14-8-9-17(27-20(21)22)18(11-14)26-2/h3-11,13,20H,1-2H3,(H,24,25)/b16-10+/t13-/m0/s1. The van der Waals surface area contributed by atoms with Crippen LogP contribution in [0, 0.1) is 11.3 Å². The molecule has 0 bridgehead atoms. The first-order valence-electron chi connectivity index (χ1n) is 8.05. The number of amides is 1. The van der Waals surface area contributed by atoms with Crippen molar-refractivity contribution >= 4 is 12.0 Å². The van der Waals surface area contributed by atoms with Gasteiger partial charge in [-0.25, -0.2) is 0 Å². The van der Waals surface area contributed by atoms with Gasteiger partial charge in [0.15, 0.2) is 11.5 Å². The number of carbonyl (C=O) groups excluding carboxylic acids is 1. The molecule has 1 atom stereocenters. The molecular formula is C20H18F2N2O3. The lowest BCUT2D eigenvalue weighted by Gasteiger charge is -2.14. The van der Waals surface area contributed by atoms with Crippen LogP contribution in [-0.4, -0.2) is 19.6 Å². The molecule has 27 heavy (non-hydrogen) atoms. The number of alkyl halides is 2. The Kier molecular flexibility index (Phi) is 6.89. The molecule has 0 fully saturated rings. The van der Waals surface area contributed by atoms with Crippen LogP contribution in [0.2, 0.25) is 0 Å². The molecule has 0 radical (unpaired) electrons. The molecule has 2 aromatic rings. The minimum absolute atomic E-state index is 0.0689. The molecule has 1 N–H and O–H groups in total. The third kappa shape index (κ3) is 5.54. The van der Waals surface area contributed by atoms with E-state index >= 15 is 0 Å². The summed E-state index contributed by atoms with van der Waals surface area (Å²) in [5.74, 6) is -0.606. The van der Waals surface area contributed by atoms with E-state index in [-0.39, 0.29) is 23.1 Å². The van der Waals surface area contributed by atoms with Gasteiger partial charge >= 0.3 is 6.61 Å². The lowest BCUT2D eigenvalue weighted by atomic mass is 10.1. The molecule has 0 aliphatic rings. The van der Waals surface area contributed by atoms with Gasteiger partial charge in [-0.2, -0.15) is 14.0 Å². The van der Waals surface area contributed by atoms with Crippen molar-refractivity contribution in [1.82, 2.24) is 5.32 Å². The summed E-state index contributed by atoms with van der Waals surface area (Å²) in [5.41, 5.74) is 1.22. The zero-order valence-corrected chi connectivity index (χ0v) is 14.8. The number of nitrogens with one attached hydrogen (secondary N) is 1. The molecule has 0 aromatic heterocycles. The van der Waals surface area contributed by atoms with E-state index in [9.17, 15) is 18.8 Å². The second kappa shape index (κ2) is 9.34. The van der Waals surface area contributed by atoms with E-state index < -0.39 is 12.5 Å². The summed E-state index contributed by atoms with van der Waals surface area (Å²) < 4.78 is 34.1. The van der Waals surface area contributed by atoms with Crippen LogP contribution in [0.3, 0.4) is 0 Å². The SMILES string of the molecule is COc1cc(/C=C(\C#N)C(=O)N[C@@H](C)c2ccccc2)ccc1OC(F)F. The Morgan fingerprint density at radius 1 is 1.19 bits per heavy atom. The maximum absolute atomic E-state index is 12.4. The van der Waals surface area contributed by atoms with Crippen molar-refractivity contribution in [2.75, 3.05) is 7.11 Å². The van der Waals surface area contributed by atoms with Crippen LogP contribution >= 0.6 is 0 Å². The summed E-state index contributed by atoms with van der Waals surface area (Å²) in [4.78, 5) is 12.4. The molecule has 2 aromatic carbocycles. The van der Waals surface area contributed by atoms with E-state index in [1.807, 2.05) is 43.3 Å². The fourth-order valence-electron chi connectivity index (χ4n) is 2.38. The zero-order chi connectivity index (χ0) is 19.8. The number of methoxy groups -OCH3 is 1. The number of hydrogen-bond acceptors (Lipinski definition) is 4. The third-order valence-electron chi connectivity index (χ3n) is 3.73. The van der Waals surface area contributed by atoms with Gasteiger partial charge in [-0.15, -0.1) is 0 Å². The van der Waals surface area contributed by atoms with Crippen molar-refractivity contribution in [3.8, 4) is 17.6 Å². The normalized spacial score (nSPS) is 12.2. The largest absolute Gasteiger partial charge is 0.493 e. The van der Waals surface area contributed by atoms with Crippen molar-refractivity contribution in [2.45, 2.75) is 19.6 Å². The van der Waals surface area contributed by atoms with Gasteiger partial charge in [-0.3, -0.25) is 4.79 Å². The van der Waals surface area contributed by atoms with Crippen LogP contribution in [0.5, 0.6) is 11.5 Å². The fourth-order valence-corrected chi connectivity index (χ4v) is 2.38. The number of rotatable bonds is 7. The van der Waals surface area contributed by atoms with Crippen molar-refractivity contribution in [3.63, 3.8) is 0 Å². The predicted octanol–water partition coefficient (Wildman–Crippen LogP) is 4.08. The average Bonchev–Trinajstić information content (AvgIpc) is 2.67. The fraction of sp³-hybridized carbons (Fsp3) is 0.200. The molecule has 0 saturated carbocycles. The predicted molar refractivity (Wildman–Crippen MR) is 96.2 cm³/mol. The summed E-state index contributed by atoms with van der Waals surface area (Å²) >= 11 is 0. The first kappa shape index (κ1) is 19.9. The first-order valence-corrected chi connectivity index (χ1v) is 8.05. The van der Waals surface area contributed by atoms with Gasteiger partial charge in [0.25, 0.3) is 5.91 Å². The van der Waals surface area contributed by atoms with Gasteiger partial charge in [0.05, 0.1) is 13.2 Å². The Hall–Kier alpha value is -3.40. The Morgan fingerprint density at radius 3 is 2.48 bits per heavy atom. The molecule has 0 unspecified atom stereocenters. The molecule has 0 saturated heterocycles. The minimum atomic E-state index is -2.99. The number of nitrogens with zero attached hydrogens (tertiary/aromatic N) is 1. The maximum atomic E-state index is 12.4. The lowest BCUT2D eigenvalue weighted by Crippen LogP contribution is -2.27. The highest BCUT2D eigenvalue weighted by Crippen LogP contribution is 2.30. The number of nitriles is 1. The first-order chi connectivity index (χ1) is 12.9. The van der Waals surface area contributed by atoms with E-state index in [2.05, 4.69) is 10.1 Å². The Labute approximate surface area is 155 Å². The number of ether oxygens (including phenoxy) is 2. The van der Waals surface area contributed by atoms with E-state index in [1.54, 1.807) is 0 Å². The van der Waals surface area contributed by atoms with Crippen LogP contribution in [0.15, 0.2) is 54.1 Å². The summed E-state index contributed by atoms with van der Waals surface area (Å²) in [7, 11) is 1.31. The van der Waals surface area contributed by atoms with E-state index in [0.29, 0.717) is 5.56 Å². The third-order valence-corrected chi connectivity index (χ3v) is 3.73. The highest BCUT2D eigenvalue weighted by atomic mass is 19.3. The topological polar surface area (TPSA) is 71.3 Å². The summed E-state index contributed by atoms with van der Waals surface area (Å²) in [6.07, 6.45) is 1.35. The zero-order valence-electron chi connectivity index (χ0n) is 14.8. The number of carbonyl (C=O) groups is 1. The van der Waals surface area contributed by atoms with E-state index in [1.165, 1.54) is 31.4 Å². The van der Waals surface area contributed by atoms with Crippen LogP contribution in [-0.2, 0) is 4.79 Å². The van der Waals surface area contributed by atoms with Gasteiger partial charge < -0.3 is 14.8 Å². The summed E-state index contributed by atoms with van der Waals surface area (Å²) in [6.45, 7) is -1.18. The van der Waals surface area contributed by atoms with Gasteiger partial charge in [0, 0.05) is 0 Å². The molecule has 0 spiro atoms. The number of halogens is 2. The van der Waals surface area contributed by atoms with E-state index in [4.69, 9.17) is 4.74 Å². The lowest BCUT2D eigenvalue weighted by molar-refractivity contribution is -0.117. The highest BCUT2D eigenvalue weighted by molar-refractivity contribution is 6.01. The molecule has 0 aliphatic heterocycles. The molecule has 2 rings (SSSR count). The van der Waals surface area contributed by atoms with Gasteiger partial charge in [-0.05, 0) is 36.3 Å². The molecule has 0 heterocycles. The monoisotopic (exact) mass is 372 g/mol. The molecule has 140 valence electrons. The smallest absolute Gasteiger partial charge is 0.387 e. The molecule has 0 aliphatic carbocycles. The number of hydrogen-bond donors (Lipinski definition) is 1. The Morgan fingerprint density at radius 2 is 1.89 bits per heavy atom. The second-order valence-electron chi connectivity index (χ2n) is 5.56. The number of benzene rings is 2. The quantitative estimate of drug-likeness (QED) is 0.587. The summed E-state index contributed by atoms with van der Waals surface area (Å²) in [5, 5.41) is 12.1. The Bertz CT molecular complexity index is 861. The second-order valence-corrected chi connectivity index (χ2v) is 5.56. The van der Waals surface area contributed by atoms with Crippen molar-refractivity contribution in [3.05, 3.63) is 65.2 Å². The Balaban J connectivity index is 2.19. The van der Waals surface area contributed by atoms with Crippen LogP contribution in [0.25, 0.3) is 6.08 Å². The molecular weight excluding hydrogens is 354 g/mol.